The van der Waals surface area contributed by atoms with E-state index in [9.17, 15) is 4.79 Å². The molecule has 0 aromatic heterocycles. The van der Waals surface area contributed by atoms with Crippen molar-refractivity contribution in [3.63, 3.8) is 0 Å². The Morgan fingerprint density at radius 2 is 2.33 bits per heavy atom. The van der Waals surface area contributed by atoms with Crippen LogP contribution in [0, 0.1) is 12.3 Å². The molecule has 3 nitrogen and oxygen atoms in total. The van der Waals surface area contributed by atoms with Crippen molar-refractivity contribution in [2.75, 3.05) is 18.9 Å². The van der Waals surface area contributed by atoms with Crippen LogP contribution in [0.25, 0.3) is 0 Å². The molecule has 0 spiro atoms. The van der Waals surface area contributed by atoms with E-state index in [1.165, 1.54) is 0 Å². The van der Waals surface area contributed by atoms with Gasteiger partial charge in [0.1, 0.15) is 0 Å². The van der Waals surface area contributed by atoms with Gasteiger partial charge in [-0.3, -0.25) is 4.79 Å². The normalized spacial score (nSPS) is 9.07. The first kappa shape index (κ1) is 11.1. The summed E-state index contributed by atoms with van der Waals surface area (Å²) < 4.78 is 0. The quantitative estimate of drug-likeness (QED) is 0.721. The molecule has 1 rings (SSSR count). The van der Waals surface area contributed by atoms with Gasteiger partial charge in [-0.25, -0.2) is 0 Å². The van der Waals surface area contributed by atoms with E-state index in [0.29, 0.717) is 13.0 Å². The van der Waals surface area contributed by atoms with E-state index in [2.05, 4.69) is 16.6 Å². The molecule has 3 heteroatoms. The van der Waals surface area contributed by atoms with Gasteiger partial charge in [-0.2, -0.15) is 0 Å². The van der Waals surface area contributed by atoms with Gasteiger partial charge in [-0.05, 0) is 18.2 Å². The Morgan fingerprint density at radius 3 is 3.00 bits per heavy atom. The number of amides is 1. The fourth-order valence-corrected chi connectivity index (χ4v) is 1.16. The first-order valence-corrected chi connectivity index (χ1v) is 4.77. The molecule has 0 aliphatic carbocycles. The fourth-order valence-electron chi connectivity index (χ4n) is 1.16. The molecule has 1 aromatic carbocycles. The number of benzene rings is 1. The van der Waals surface area contributed by atoms with Crippen molar-refractivity contribution in [1.29, 1.82) is 0 Å². The lowest BCUT2D eigenvalue weighted by Crippen LogP contribution is -2.20. The van der Waals surface area contributed by atoms with Crippen molar-refractivity contribution in [1.82, 2.24) is 5.32 Å². The first-order chi connectivity index (χ1) is 7.26. The zero-order valence-corrected chi connectivity index (χ0v) is 8.71. The number of hydrogen-bond donors (Lipinski definition) is 2. The van der Waals surface area contributed by atoms with Crippen molar-refractivity contribution in [3.05, 3.63) is 29.8 Å². The van der Waals surface area contributed by atoms with Crippen molar-refractivity contribution in [3.8, 4) is 12.3 Å². The van der Waals surface area contributed by atoms with Gasteiger partial charge in [0.25, 0.3) is 0 Å². The molecular formula is C12H14N2O. The van der Waals surface area contributed by atoms with E-state index in [4.69, 9.17) is 6.42 Å². The largest absolute Gasteiger partial charge is 0.384 e. The van der Waals surface area contributed by atoms with Crippen LogP contribution in [0.15, 0.2) is 24.3 Å². The van der Waals surface area contributed by atoms with E-state index in [0.717, 1.165) is 11.3 Å². The molecule has 1 aromatic rings. The third kappa shape index (κ3) is 3.74. The number of carbonyl (C=O) groups excluding carboxylic acids is 1. The average Bonchev–Trinajstić information content (AvgIpc) is 2.29. The van der Waals surface area contributed by atoms with Crippen LogP contribution in [0.1, 0.15) is 12.0 Å². The summed E-state index contributed by atoms with van der Waals surface area (Å²) in [5.41, 5.74) is 1.77. The molecule has 2 N–H and O–H groups in total. The molecule has 0 aliphatic rings. The van der Waals surface area contributed by atoms with Gasteiger partial charge >= 0.3 is 0 Å². The summed E-state index contributed by atoms with van der Waals surface area (Å²) in [5, 5.41) is 5.69. The molecule has 0 radical (unpaired) electrons. The van der Waals surface area contributed by atoms with E-state index >= 15 is 0 Å². The lowest BCUT2D eigenvalue weighted by molar-refractivity contribution is -0.120. The van der Waals surface area contributed by atoms with E-state index in [1.54, 1.807) is 7.05 Å². The monoisotopic (exact) mass is 202 g/mol. The molecular weight excluding hydrogens is 188 g/mol. The molecule has 0 heterocycles. The second-order valence-corrected chi connectivity index (χ2v) is 3.08. The van der Waals surface area contributed by atoms with Crippen LogP contribution in [0.4, 0.5) is 5.69 Å². The van der Waals surface area contributed by atoms with Gasteiger partial charge in [-0.15, -0.1) is 6.42 Å². The minimum Gasteiger partial charge on any atom is -0.384 e. The average molecular weight is 202 g/mol. The van der Waals surface area contributed by atoms with E-state index < -0.39 is 0 Å². The van der Waals surface area contributed by atoms with Crippen LogP contribution in [0.5, 0.6) is 0 Å². The second kappa shape index (κ2) is 5.71. The van der Waals surface area contributed by atoms with Gasteiger partial charge in [-0.1, -0.05) is 12.0 Å². The Balaban J connectivity index is 2.44. The van der Waals surface area contributed by atoms with E-state index in [-0.39, 0.29) is 5.91 Å². The predicted molar refractivity (Wildman–Crippen MR) is 61.6 cm³/mol. The van der Waals surface area contributed by atoms with Gasteiger partial charge in [0.2, 0.25) is 5.91 Å². The third-order valence-electron chi connectivity index (χ3n) is 1.99. The predicted octanol–water partition coefficient (Wildman–Crippen LogP) is 1.22. The second-order valence-electron chi connectivity index (χ2n) is 3.08. The Kier molecular flexibility index (Phi) is 4.24. The Hall–Kier alpha value is -1.95. The summed E-state index contributed by atoms with van der Waals surface area (Å²) in [5.74, 6) is 2.58. The van der Waals surface area contributed by atoms with Crippen molar-refractivity contribution in [2.45, 2.75) is 6.42 Å². The fraction of sp³-hybridized carbons (Fsp3) is 0.250. The molecule has 0 unspecified atom stereocenters. The summed E-state index contributed by atoms with van der Waals surface area (Å²) in [6.45, 7) is 0.605. The maximum Gasteiger partial charge on any atom is 0.221 e. The number of anilines is 1. The van der Waals surface area contributed by atoms with Crippen molar-refractivity contribution in [2.24, 2.45) is 0 Å². The highest BCUT2D eigenvalue weighted by atomic mass is 16.1. The van der Waals surface area contributed by atoms with Crippen LogP contribution >= 0.6 is 0 Å². The zero-order chi connectivity index (χ0) is 11.1. The first-order valence-electron chi connectivity index (χ1n) is 4.77. The van der Waals surface area contributed by atoms with Crippen LogP contribution in [-0.4, -0.2) is 19.5 Å². The SMILES string of the molecule is C#Cc1cccc(NCCC(=O)NC)c1. The highest BCUT2D eigenvalue weighted by molar-refractivity contribution is 5.76. The standard InChI is InChI=1S/C12H14N2O/c1-3-10-5-4-6-11(9-10)14-8-7-12(15)13-2/h1,4-6,9,14H,7-8H2,2H3,(H,13,15). The molecule has 78 valence electrons. The van der Waals surface area contributed by atoms with Crippen molar-refractivity contribution >= 4 is 11.6 Å². The maximum atomic E-state index is 10.9. The summed E-state index contributed by atoms with van der Waals surface area (Å²) in [4.78, 5) is 10.9. The minimum atomic E-state index is 0.0237. The molecule has 15 heavy (non-hydrogen) atoms. The topological polar surface area (TPSA) is 41.1 Å². The van der Waals surface area contributed by atoms with Crippen LogP contribution in [0.2, 0.25) is 0 Å². The molecule has 0 aliphatic heterocycles. The molecule has 0 saturated carbocycles. The summed E-state index contributed by atoms with van der Waals surface area (Å²) >= 11 is 0. The Morgan fingerprint density at radius 1 is 1.53 bits per heavy atom. The maximum absolute atomic E-state index is 10.9. The minimum absolute atomic E-state index is 0.0237. The Labute approximate surface area is 89.9 Å². The number of rotatable bonds is 4. The van der Waals surface area contributed by atoms with Gasteiger partial charge in [0, 0.05) is 31.3 Å². The van der Waals surface area contributed by atoms with E-state index in [1.807, 2.05) is 24.3 Å². The molecule has 0 fully saturated rings. The number of hydrogen-bond acceptors (Lipinski definition) is 2. The molecule has 0 bridgehead atoms. The summed E-state index contributed by atoms with van der Waals surface area (Å²) in [6.07, 6.45) is 5.73. The van der Waals surface area contributed by atoms with Crippen LogP contribution < -0.4 is 10.6 Å². The van der Waals surface area contributed by atoms with Crippen molar-refractivity contribution < 1.29 is 4.79 Å². The number of carbonyl (C=O) groups is 1. The highest BCUT2D eigenvalue weighted by Crippen LogP contribution is 2.09. The molecule has 1 amide bonds. The highest BCUT2D eigenvalue weighted by Gasteiger charge is 1.97. The summed E-state index contributed by atoms with van der Waals surface area (Å²) in [6, 6.07) is 7.55. The van der Waals surface area contributed by atoms with Gasteiger partial charge in [0.15, 0.2) is 0 Å². The lowest BCUT2D eigenvalue weighted by atomic mass is 10.2. The zero-order valence-electron chi connectivity index (χ0n) is 8.71. The Bertz CT molecular complexity index is 379. The smallest absolute Gasteiger partial charge is 0.221 e. The van der Waals surface area contributed by atoms with Gasteiger partial charge in [0.05, 0.1) is 0 Å². The van der Waals surface area contributed by atoms with Gasteiger partial charge < -0.3 is 10.6 Å². The number of nitrogens with one attached hydrogen (secondary N) is 2. The molecule has 0 atom stereocenters. The van der Waals surface area contributed by atoms with Crippen LogP contribution in [-0.2, 0) is 4.79 Å². The van der Waals surface area contributed by atoms with Crippen LogP contribution in [0.3, 0.4) is 0 Å². The molecule has 0 saturated heterocycles. The third-order valence-corrected chi connectivity index (χ3v) is 1.99. The number of terminal acetylenes is 1. The summed E-state index contributed by atoms with van der Waals surface area (Å²) in [7, 11) is 1.63. The lowest BCUT2D eigenvalue weighted by Gasteiger charge is -2.05.